The van der Waals surface area contributed by atoms with Gasteiger partial charge < -0.3 is 10.8 Å². The zero-order valence-corrected chi connectivity index (χ0v) is 15.4. The van der Waals surface area contributed by atoms with Crippen LogP contribution in [0.25, 0.3) is 5.69 Å². The molecule has 1 aliphatic rings. The molecule has 1 aliphatic heterocycles. The number of nitrogens with zero attached hydrogens (tertiary/aromatic N) is 3. The molecule has 0 bridgehead atoms. The van der Waals surface area contributed by atoms with Crippen molar-refractivity contribution in [2.75, 3.05) is 11.4 Å². The number of carbonyl (C=O) groups is 1. The summed E-state index contributed by atoms with van der Waals surface area (Å²) in [6, 6.07) is 14.5. The Kier molecular flexibility index (Phi) is 4.70. The first kappa shape index (κ1) is 18.3. The van der Waals surface area contributed by atoms with Crippen molar-refractivity contribution in [2.45, 2.75) is 25.5 Å². The lowest BCUT2D eigenvalue weighted by Crippen LogP contribution is -2.52. The molecule has 7 heteroatoms. The number of fused-ring (bicyclic) bond motifs is 1. The summed E-state index contributed by atoms with van der Waals surface area (Å²) < 4.78 is 15.1. The molecule has 6 nitrogen and oxygen atoms in total. The van der Waals surface area contributed by atoms with Gasteiger partial charge in [0.15, 0.2) is 0 Å². The van der Waals surface area contributed by atoms with Gasteiger partial charge in [0.05, 0.1) is 24.0 Å². The maximum atomic E-state index is 13.4. The summed E-state index contributed by atoms with van der Waals surface area (Å²) in [4.78, 5) is 14.7. The van der Waals surface area contributed by atoms with E-state index < -0.39 is 12.0 Å². The van der Waals surface area contributed by atoms with Gasteiger partial charge in [-0.2, -0.15) is 5.10 Å². The van der Waals surface area contributed by atoms with Crippen LogP contribution in [0.5, 0.6) is 0 Å². The highest BCUT2D eigenvalue weighted by molar-refractivity contribution is 6.01. The Morgan fingerprint density at radius 3 is 2.43 bits per heavy atom. The van der Waals surface area contributed by atoms with Crippen molar-refractivity contribution in [3.63, 3.8) is 0 Å². The molecular formula is C21H21FN4O2. The summed E-state index contributed by atoms with van der Waals surface area (Å²) in [5.74, 6) is -0.521. The average molecular weight is 380 g/mol. The highest BCUT2D eigenvalue weighted by atomic mass is 19.1. The molecular weight excluding hydrogens is 359 g/mol. The van der Waals surface area contributed by atoms with E-state index in [4.69, 9.17) is 5.73 Å². The second-order valence-electron chi connectivity index (χ2n) is 6.73. The van der Waals surface area contributed by atoms with Crippen molar-refractivity contribution >= 4 is 11.7 Å². The summed E-state index contributed by atoms with van der Waals surface area (Å²) in [7, 11) is 0. The van der Waals surface area contributed by atoms with Crippen molar-refractivity contribution < 1.29 is 14.3 Å². The molecule has 0 spiro atoms. The van der Waals surface area contributed by atoms with E-state index in [0.29, 0.717) is 29.2 Å². The van der Waals surface area contributed by atoms with Crippen LogP contribution >= 0.6 is 0 Å². The number of carbonyl (C=O) groups excluding carboxylic acids is 1. The first-order valence-electron chi connectivity index (χ1n) is 9.17. The highest BCUT2D eigenvalue weighted by Gasteiger charge is 2.43. The van der Waals surface area contributed by atoms with E-state index in [0.717, 1.165) is 5.69 Å². The number of likely N-dealkylation sites (N-methyl/N-ethyl adjacent to an activating group) is 1. The molecule has 0 fully saturated rings. The molecule has 0 radical (unpaired) electrons. The van der Waals surface area contributed by atoms with Gasteiger partial charge in [-0.15, -0.1) is 0 Å². The van der Waals surface area contributed by atoms with Gasteiger partial charge in [0.2, 0.25) is 5.91 Å². The number of rotatable bonds is 4. The number of aromatic nitrogens is 2. The molecule has 0 saturated carbocycles. The smallest absolute Gasteiger partial charge is 0.246 e. The Morgan fingerprint density at radius 2 is 1.82 bits per heavy atom. The van der Waals surface area contributed by atoms with E-state index in [1.165, 1.54) is 12.1 Å². The molecule has 2 atom stereocenters. The fraction of sp³-hybridized carbons (Fsp3) is 0.238. The van der Waals surface area contributed by atoms with Gasteiger partial charge in [0, 0.05) is 18.0 Å². The van der Waals surface area contributed by atoms with Crippen LogP contribution < -0.4 is 10.6 Å². The van der Waals surface area contributed by atoms with Gasteiger partial charge in [-0.05, 0) is 36.8 Å². The monoisotopic (exact) mass is 380 g/mol. The molecule has 3 N–H and O–H groups in total. The number of anilines is 1. The number of nitrogens with two attached hydrogens (primary N) is 1. The molecule has 0 saturated heterocycles. The van der Waals surface area contributed by atoms with Crippen molar-refractivity contribution in [1.82, 2.24) is 9.78 Å². The van der Waals surface area contributed by atoms with Gasteiger partial charge in [-0.25, -0.2) is 9.07 Å². The molecule has 28 heavy (non-hydrogen) atoms. The normalized spacial score (nSPS) is 19.0. The maximum absolute atomic E-state index is 13.4. The minimum absolute atomic E-state index is 0.231. The van der Waals surface area contributed by atoms with E-state index in [1.807, 2.05) is 37.3 Å². The van der Waals surface area contributed by atoms with Crippen LogP contribution in [0.1, 0.15) is 29.7 Å². The molecule has 0 unspecified atom stereocenters. The zero-order chi connectivity index (χ0) is 19.8. The molecule has 1 amide bonds. The van der Waals surface area contributed by atoms with Gasteiger partial charge in [-0.3, -0.25) is 9.69 Å². The fourth-order valence-corrected chi connectivity index (χ4v) is 3.87. The minimum atomic E-state index is -0.850. The largest absolute Gasteiger partial charge is 0.390 e. The van der Waals surface area contributed by atoms with Crippen LogP contribution in [0.2, 0.25) is 0 Å². The minimum Gasteiger partial charge on any atom is -0.390 e. The predicted octanol–water partition coefficient (Wildman–Crippen LogP) is 2.33. The van der Waals surface area contributed by atoms with E-state index in [-0.39, 0.29) is 18.3 Å². The summed E-state index contributed by atoms with van der Waals surface area (Å²) in [5.41, 5.74) is 8.98. The standard InChI is InChI=1S/C21H21FN4O2/c1-2-25-20-18(16(12-27)24-26(20)15-6-4-3-5-7-15)17(19(23)21(25)28)13-8-10-14(22)11-9-13/h3-11,17,19,27H,2,12,23H2,1H3/t17-,19+/m1/s1. The number of hydrogen-bond donors (Lipinski definition) is 2. The number of hydrogen-bond acceptors (Lipinski definition) is 4. The van der Waals surface area contributed by atoms with Crippen LogP contribution in [0.3, 0.4) is 0 Å². The quantitative estimate of drug-likeness (QED) is 0.728. The Hall–Kier alpha value is -3.03. The summed E-state index contributed by atoms with van der Waals surface area (Å²) in [5, 5.41) is 14.6. The summed E-state index contributed by atoms with van der Waals surface area (Å²) in [6.45, 7) is 1.99. The molecule has 0 aliphatic carbocycles. The Bertz CT molecular complexity index is 1000. The van der Waals surface area contributed by atoms with E-state index >= 15 is 0 Å². The van der Waals surface area contributed by atoms with E-state index in [9.17, 15) is 14.3 Å². The number of aliphatic hydroxyl groups is 1. The second-order valence-corrected chi connectivity index (χ2v) is 6.73. The van der Waals surface area contributed by atoms with Crippen LogP contribution in [-0.4, -0.2) is 33.4 Å². The van der Waals surface area contributed by atoms with Crippen LogP contribution in [0.4, 0.5) is 10.2 Å². The molecule has 1 aromatic heterocycles. The lowest BCUT2D eigenvalue weighted by atomic mass is 9.81. The fourth-order valence-electron chi connectivity index (χ4n) is 3.87. The Balaban J connectivity index is 2.00. The lowest BCUT2D eigenvalue weighted by molar-refractivity contribution is -0.120. The van der Waals surface area contributed by atoms with Crippen LogP contribution in [0.15, 0.2) is 54.6 Å². The van der Waals surface area contributed by atoms with Crippen LogP contribution in [0, 0.1) is 5.82 Å². The molecule has 2 aromatic carbocycles. The van der Waals surface area contributed by atoms with Gasteiger partial charge in [0.1, 0.15) is 11.6 Å². The molecule has 3 aromatic rings. The van der Waals surface area contributed by atoms with Crippen LogP contribution in [-0.2, 0) is 11.4 Å². The van der Waals surface area contributed by atoms with Gasteiger partial charge in [-0.1, -0.05) is 30.3 Å². The third-order valence-corrected chi connectivity index (χ3v) is 5.15. The Morgan fingerprint density at radius 1 is 1.14 bits per heavy atom. The third-order valence-electron chi connectivity index (χ3n) is 5.15. The SMILES string of the molecule is CCN1C(=O)[C@@H](N)[C@H](c2ccc(F)cc2)c2c(CO)nn(-c3ccccc3)c21. The van der Waals surface area contributed by atoms with Crippen molar-refractivity contribution in [1.29, 1.82) is 0 Å². The summed E-state index contributed by atoms with van der Waals surface area (Å²) in [6.07, 6.45) is 0. The third kappa shape index (κ3) is 2.80. The zero-order valence-electron chi connectivity index (χ0n) is 15.4. The first-order chi connectivity index (χ1) is 13.6. The number of benzene rings is 2. The lowest BCUT2D eigenvalue weighted by Gasteiger charge is -2.36. The maximum Gasteiger partial charge on any atom is 0.246 e. The van der Waals surface area contributed by atoms with Crippen molar-refractivity contribution in [2.24, 2.45) is 5.73 Å². The molecule has 144 valence electrons. The predicted molar refractivity (Wildman–Crippen MR) is 104 cm³/mol. The van der Waals surface area contributed by atoms with Gasteiger partial charge in [0.25, 0.3) is 0 Å². The number of para-hydroxylation sites is 1. The Labute approximate surface area is 162 Å². The summed E-state index contributed by atoms with van der Waals surface area (Å²) >= 11 is 0. The topological polar surface area (TPSA) is 84.4 Å². The number of amides is 1. The van der Waals surface area contributed by atoms with E-state index in [2.05, 4.69) is 5.10 Å². The number of aliphatic hydroxyl groups excluding tert-OH is 1. The van der Waals surface area contributed by atoms with E-state index in [1.54, 1.807) is 21.7 Å². The van der Waals surface area contributed by atoms with Crippen molar-refractivity contribution in [3.8, 4) is 5.69 Å². The molecule has 4 rings (SSSR count). The second kappa shape index (κ2) is 7.18. The van der Waals surface area contributed by atoms with Crippen molar-refractivity contribution in [3.05, 3.63) is 77.2 Å². The number of halogens is 1. The average Bonchev–Trinajstić information content (AvgIpc) is 3.10. The highest BCUT2D eigenvalue weighted by Crippen LogP contribution is 2.42. The van der Waals surface area contributed by atoms with Gasteiger partial charge >= 0.3 is 0 Å². The first-order valence-corrected chi connectivity index (χ1v) is 9.17. The molecule has 2 heterocycles.